The maximum atomic E-state index is 14.2. The average Bonchev–Trinajstić information content (AvgIpc) is 3.46. The number of hydrogen-bond acceptors (Lipinski definition) is 18. The Balaban J connectivity index is 1.09. The van der Waals surface area contributed by atoms with Crippen LogP contribution >= 0.6 is 0 Å². The lowest BCUT2D eigenvalue weighted by atomic mass is 9.41. The van der Waals surface area contributed by atoms with Crippen molar-refractivity contribution in [2.75, 3.05) is 26.4 Å². The van der Waals surface area contributed by atoms with E-state index in [0.717, 1.165) is 37.7 Å². The third kappa shape index (κ3) is 7.32. The Bertz CT molecular complexity index is 1450. The highest BCUT2D eigenvalue weighted by molar-refractivity contribution is 5.77. The Morgan fingerprint density at radius 1 is 0.719 bits per heavy atom. The van der Waals surface area contributed by atoms with Crippen molar-refractivity contribution in [1.82, 2.24) is 0 Å². The molecule has 2 bridgehead atoms. The smallest absolute Gasteiger partial charge is 0.314 e. The van der Waals surface area contributed by atoms with Gasteiger partial charge in [-0.2, -0.15) is 0 Å². The molecule has 7 fully saturated rings. The van der Waals surface area contributed by atoms with E-state index in [1.54, 1.807) is 0 Å². The Labute approximate surface area is 330 Å². The fourth-order valence-corrected chi connectivity index (χ4v) is 12.1. The first-order valence-electron chi connectivity index (χ1n) is 20.3. The van der Waals surface area contributed by atoms with Crippen molar-refractivity contribution in [2.24, 2.45) is 34.0 Å². The van der Waals surface area contributed by atoms with Crippen molar-refractivity contribution in [2.45, 2.75) is 163 Å². The summed E-state index contributed by atoms with van der Waals surface area (Å²) in [5, 5.41) is 114. The Morgan fingerprint density at radius 2 is 1.30 bits per heavy atom. The zero-order valence-electron chi connectivity index (χ0n) is 32.4. The summed E-state index contributed by atoms with van der Waals surface area (Å²) in [6.07, 6.45) is -17.4. The number of aliphatic hydroxyl groups is 11. The maximum Gasteiger partial charge on any atom is 0.314 e. The van der Waals surface area contributed by atoms with Gasteiger partial charge in [0.15, 0.2) is 6.29 Å². The van der Waals surface area contributed by atoms with Crippen LogP contribution in [0.3, 0.4) is 0 Å². The molecule has 0 amide bonds. The van der Waals surface area contributed by atoms with E-state index in [-0.39, 0.29) is 41.3 Å². The Hall–Kier alpha value is -1.43. The highest BCUT2D eigenvalue weighted by Crippen LogP contribution is 2.72. The normalized spacial score (nSPS) is 53.8. The molecule has 0 aromatic carbocycles. The predicted octanol–water partition coefficient (Wildman–Crippen LogP) is -3.04. The molecule has 18 heteroatoms. The molecular weight excluding hydrogens is 756 g/mol. The van der Waals surface area contributed by atoms with Crippen molar-refractivity contribution >= 4 is 5.97 Å². The van der Waals surface area contributed by atoms with Crippen LogP contribution in [0.5, 0.6) is 0 Å². The van der Waals surface area contributed by atoms with E-state index in [1.165, 1.54) is 0 Å². The predicted molar refractivity (Wildman–Crippen MR) is 191 cm³/mol. The second-order valence-electron chi connectivity index (χ2n) is 18.3. The molecule has 19 unspecified atom stereocenters. The SMILES string of the molecule is C=C1C[C@@]23CCC4[C@@](C)(CCC[C@@]4(C)C(=O)OC4OC(CO)C(O)C(O)C4O)C2CC(OCC2OC(CO)C(O)C(O)C2OC2OC(CO)C(O)C(O)C2O)C1C3. The molecule has 3 heterocycles. The van der Waals surface area contributed by atoms with Crippen LogP contribution in [0.2, 0.25) is 0 Å². The quantitative estimate of drug-likeness (QED) is 0.0772. The number of carbonyl (C=O) groups is 1. The number of aliphatic hydroxyl groups excluding tert-OH is 11. The molecule has 1 spiro atoms. The van der Waals surface area contributed by atoms with Gasteiger partial charge in [0.1, 0.15) is 79.4 Å². The molecule has 4 aliphatic carbocycles. The van der Waals surface area contributed by atoms with Crippen LogP contribution in [0.25, 0.3) is 0 Å². The number of fused-ring (bicyclic) bond motifs is 3. The number of carbonyl (C=O) groups excluding carboxylic acids is 1. The largest absolute Gasteiger partial charge is 0.432 e. The highest BCUT2D eigenvalue weighted by atomic mass is 16.7. The van der Waals surface area contributed by atoms with Gasteiger partial charge in [0, 0.05) is 5.92 Å². The Kier molecular flexibility index (Phi) is 12.6. The summed E-state index contributed by atoms with van der Waals surface area (Å²) in [4.78, 5) is 14.2. The molecule has 0 aromatic heterocycles. The van der Waals surface area contributed by atoms with E-state index >= 15 is 0 Å². The van der Waals surface area contributed by atoms with Gasteiger partial charge in [0.25, 0.3) is 0 Å². The third-order valence-electron chi connectivity index (χ3n) is 15.2. The zero-order chi connectivity index (χ0) is 41.4. The second kappa shape index (κ2) is 16.4. The van der Waals surface area contributed by atoms with Crippen molar-refractivity contribution < 1.29 is 89.4 Å². The molecule has 3 aliphatic heterocycles. The van der Waals surface area contributed by atoms with Gasteiger partial charge in [-0.3, -0.25) is 4.79 Å². The molecule has 0 radical (unpaired) electrons. The molecule has 326 valence electrons. The van der Waals surface area contributed by atoms with E-state index < -0.39 is 123 Å². The van der Waals surface area contributed by atoms with Crippen LogP contribution in [0.1, 0.15) is 65.2 Å². The summed E-state index contributed by atoms with van der Waals surface area (Å²) in [6.45, 7) is 6.39. The van der Waals surface area contributed by atoms with Crippen molar-refractivity contribution in [3.05, 3.63) is 12.2 Å². The minimum Gasteiger partial charge on any atom is -0.432 e. The van der Waals surface area contributed by atoms with Crippen LogP contribution in [0, 0.1) is 34.0 Å². The monoisotopic (exact) mass is 818 g/mol. The highest BCUT2D eigenvalue weighted by Gasteiger charge is 2.67. The second-order valence-corrected chi connectivity index (χ2v) is 18.3. The first kappa shape index (κ1) is 43.7. The zero-order valence-corrected chi connectivity index (χ0v) is 32.4. The first-order valence-corrected chi connectivity index (χ1v) is 20.3. The lowest BCUT2D eigenvalue weighted by Gasteiger charge is -2.64. The summed E-state index contributed by atoms with van der Waals surface area (Å²) in [5.41, 5.74) is -0.385. The number of rotatable bonds is 10. The number of hydrogen-bond donors (Lipinski definition) is 11. The number of esters is 1. The van der Waals surface area contributed by atoms with E-state index in [2.05, 4.69) is 13.5 Å². The molecule has 18 nitrogen and oxygen atoms in total. The van der Waals surface area contributed by atoms with Gasteiger partial charge in [-0.15, -0.1) is 0 Å². The van der Waals surface area contributed by atoms with Crippen molar-refractivity contribution in [3.63, 3.8) is 0 Å². The molecule has 7 aliphatic rings. The first-order chi connectivity index (χ1) is 26.9. The summed E-state index contributed by atoms with van der Waals surface area (Å²) in [7, 11) is 0. The fraction of sp³-hybridized carbons (Fsp3) is 0.923. The minimum absolute atomic E-state index is 0.00918. The molecule has 4 saturated carbocycles. The fourth-order valence-electron chi connectivity index (χ4n) is 12.1. The lowest BCUT2D eigenvalue weighted by Crippen LogP contribution is -2.65. The summed E-state index contributed by atoms with van der Waals surface area (Å²) >= 11 is 0. The Morgan fingerprint density at radius 3 is 1.93 bits per heavy atom. The van der Waals surface area contributed by atoms with Gasteiger partial charge in [-0.25, -0.2) is 0 Å². The lowest BCUT2D eigenvalue weighted by molar-refractivity contribution is -0.344. The van der Waals surface area contributed by atoms with Gasteiger partial charge in [-0.1, -0.05) is 25.5 Å². The standard InChI is InChI=1S/C39H62O18/c1-16-10-39-8-5-23-37(2,6-4-7-38(23,3)36(51)57-35-32(50)29(47)26(44)21(14-42)55-35)24(39)9-18(17(16)11-39)52-15-22-33(30(48)27(45)19(12-40)53-22)56-34-31(49)28(46)25(43)20(13-41)54-34/h17-35,40-50H,1,4-15H2,2-3H3/t17?,18?,19?,20?,21?,22?,23?,24?,25?,26?,27?,28?,29?,30?,31?,32?,33?,34?,35?,37-,38-,39-/m1/s1. The van der Waals surface area contributed by atoms with Crippen LogP contribution in [0.4, 0.5) is 0 Å². The van der Waals surface area contributed by atoms with Crippen LogP contribution < -0.4 is 0 Å². The molecular formula is C39H62O18. The molecule has 7 rings (SSSR count). The van der Waals surface area contributed by atoms with Crippen LogP contribution in [-0.4, -0.2) is 187 Å². The van der Waals surface area contributed by atoms with E-state index in [9.17, 15) is 61.0 Å². The van der Waals surface area contributed by atoms with Crippen molar-refractivity contribution in [1.29, 1.82) is 0 Å². The van der Waals surface area contributed by atoms with Crippen LogP contribution in [-0.2, 0) is 33.2 Å². The molecule has 11 N–H and O–H groups in total. The molecule has 22 atom stereocenters. The van der Waals surface area contributed by atoms with Crippen LogP contribution in [0.15, 0.2) is 12.2 Å². The van der Waals surface area contributed by atoms with E-state index in [0.29, 0.717) is 19.3 Å². The van der Waals surface area contributed by atoms with Gasteiger partial charge in [-0.05, 0) is 74.5 Å². The maximum absolute atomic E-state index is 14.2. The summed E-state index contributed by atoms with van der Waals surface area (Å²) in [5.74, 6) is -0.659. The van der Waals surface area contributed by atoms with Gasteiger partial charge >= 0.3 is 5.97 Å². The molecule has 57 heavy (non-hydrogen) atoms. The van der Waals surface area contributed by atoms with E-state index in [4.69, 9.17) is 28.4 Å². The van der Waals surface area contributed by atoms with Gasteiger partial charge < -0.3 is 84.6 Å². The van der Waals surface area contributed by atoms with Crippen molar-refractivity contribution in [3.8, 4) is 0 Å². The van der Waals surface area contributed by atoms with Gasteiger partial charge in [0.05, 0.1) is 37.9 Å². The summed E-state index contributed by atoms with van der Waals surface area (Å²) in [6, 6.07) is 0. The molecule has 0 aromatic rings. The topological polar surface area (TPSA) is 295 Å². The number of ether oxygens (including phenoxy) is 6. The minimum atomic E-state index is -1.78. The average molecular weight is 819 g/mol. The van der Waals surface area contributed by atoms with E-state index in [1.807, 2.05) is 6.92 Å². The van der Waals surface area contributed by atoms with Gasteiger partial charge in [0.2, 0.25) is 6.29 Å². The summed E-state index contributed by atoms with van der Waals surface area (Å²) < 4.78 is 35.5. The molecule has 3 saturated heterocycles. The third-order valence-corrected chi connectivity index (χ3v) is 15.2.